The topological polar surface area (TPSA) is 92.2 Å². The van der Waals surface area contributed by atoms with E-state index in [0.717, 1.165) is 7.05 Å². The number of benzene rings is 2. The zero-order valence-electron chi connectivity index (χ0n) is 21.6. The Morgan fingerprint density at radius 1 is 1.05 bits per heavy atom. The number of amides is 1. The van der Waals surface area contributed by atoms with E-state index in [1.54, 1.807) is 12.1 Å². The van der Waals surface area contributed by atoms with Crippen molar-refractivity contribution in [1.82, 2.24) is 4.98 Å². The summed E-state index contributed by atoms with van der Waals surface area (Å²) in [5, 5.41) is 9.74. The van der Waals surface area contributed by atoms with Crippen molar-refractivity contribution in [3.8, 4) is 34.2 Å². The standard InChI is InChI=1S/C27H29F3N4O2Si/c1-26(2,3)37(5,6)36-23-13-8-7-12-19(23)22-15-20(21(16-31)24(32)33-22)17-10-9-11-18(14-17)34(4)25(35)27(28,29)30/h7-15H,1-6H3,(H2,32,33). The summed E-state index contributed by atoms with van der Waals surface area (Å²) >= 11 is 0. The van der Waals surface area contributed by atoms with Crippen LogP contribution in [0.2, 0.25) is 18.1 Å². The Labute approximate surface area is 215 Å². The molecule has 2 aromatic carbocycles. The average Bonchev–Trinajstić information content (AvgIpc) is 2.81. The van der Waals surface area contributed by atoms with Gasteiger partial charge in [-0.05, 0) is 54.0 Å². The second-order valence-electron chi connectivity index (χ2n) is 10.2. The van der Waals surface area contributed by atoms with Crippen molar-refractivity contribution < 1.29 is 22.4 Å². The number of hydrogen-bond donors (Lipinski definition) is 1. The molecule has 10 heteroatoms. The molecule has 0 fully saturated rings. The number of anilines is 2. The SMILES string of the molecule is CN(C(=O)C(F)(F)F)c1cccc(-c2cc(-c3ccccc3O[Si](C)(C)C(C)(C)C)nc(N)c2C#N)c1. The minimum atomic E-state index is -5.02. The molecular formula is C27H29F3N4O2Si. The van der Waals surface area contributed by atoms with Gasteiger partial charge in [-0.15, -0.1) is 0 Å². The molecule has 0 aliphatic carbocycles. The summed E-state index contributed by atoms with van der Waals surface area (Å²) in [7, 11) is -1.16. The fraction of sp³-hybridized carbons (Fsp3) is 0.296. The van der Waals surface area contributed by atoms with Gasteiger partial charge in [-0.2, -0.15) is 18.4 Å². The zero-order chi connectivity index (χ0) is 27.8. The molecule has 0 saturated carbocycles. The summed E-state index contributed by atoms with van der Waals surface area (Å²) in [6, 6.07) is 17.0. The fourth-order valence-corrected chi connectivity index (χ4v) is 4.47. The van der Waals surface area contributed by atoms with Crippen LogP contribution in [0.4, 0.5) is 24.7 Å². The van der Waals surface area contributed by atoms with E-state index in [0.29, 0.717) is 33.0 Å². The van der Waals surface area contributed by atoms with E-state index in [2.05, 4.69) is 38.8 Å². The van der Waals surface area contributed by atoms with Crippen LogP contribution < -0.4 is 15.1 Å². The Balaban J connectivity index is 2.15. The highest BCUT2D eigenvalue weighted by Crippen LogP contribution is 2.41. The van der Waals surface area contributed by atoms with E-state index in [-0.39, 0.29) is 22.1 Å². The fourth-order valence-electron chi connectivity index (χ4n) is 3.43. The van der Waals surface area contributed by atoms with Gasteiger partial charge in [0.15, 0.2) is 0 Å². The van der Waals surface area contributed by atoms with Crippen molar-refractivity contribution in [3.63, 3.8) is 0 Å². The molecule has 37 heavy (non-hydrogen) atoms. The van der Waals surface area contributed by atoms with E-state index >= 15 is 0 Å². The maximum atomic E-state index is 13.0. The summed E-state index contributed by atoms with van der Waals surface area (Å²) in [5.41, 5.74) is 8.18. The van der Waals surface area contributed by atoms with Crippen LogP contribution in [0.5, 0.6) is 5.75 Å². The number of carbonyl (C=O) groups is 1. The molecule has 0 aliphatic rings. The third-order valence-electron chi connectivity index (χ3n) is 6.59. The van der Waals surface area contributed by atoms with Crippen LogP contribution in [-0.4, -0.2) is 32.4 Å². The van der Waals surface area contributed by atoms with Crippen LogP contribution in [0, 0.1) is 11.3 Å². The highest BCUT2D eigenvalue weighted by molar-refractivity contribution is 6.74. The van der Waals surface area contributed by atoms with Gasteiger partial charge in [0.2, 0.25) is 0 Å². The van der Waals surface area contributed by atoms with Gasteiger partial charge >= 0.3 is 12.1 Å². The number of para-hydroxylation sites is 1. The number of rotatable bonds is 5. The van der Waals surface area contributed by atoms with E-state index in [4.69, 9.17) is 10.2 Å². The van der Waals surface area contributed by atoms with E-state index in [1.165, 1.54) is 18.2 Å². The molecule has 1 amide bonds. The highest BCUT2D eigenvalue weighted by Gasteiger charge is 2.42. The normalized spacial score (nSPS) is 12.1. The van der Waals surface area contributed by atoms with E-state index in [1.807, 2.05) is 30.3 Å². The lowest BCUT2D eigenvalue weighted by Gasteiger charge is -2.37. The number of carbonyl (C=O) groups excluding carboxylic acids is 1. The number of nitrogens with zero attached hydrogens (tertiary/aromatic N) is 3. The molecule has 0 aliphatic heterocycles. The zero-order valence-corrected chi connectivity index (χ0v) is 22.6. The van der Waals surface area contributed by atoms with E-state index in [9.17, 15) is 23.2 Å². The number of halogens is 3. The van der Waals surface area contributed by atoms with Gasteiger partial charge < -0.3 is 15.1 Å². The molecule has 0 atom stereocenters. The summed E-state index contributed by atoms with van der Waals surface area (Å²) in [6.45, 7) is 10.6. The Bertz CT molecular complexity index is 1380. The number of hydrogen-bond acceptors (Lipinski definition) is 5. The molecule has 3 aromatic rings. The number of alkyl halides is 3. The van der Waals surface area contributed by atoms with Crippen molar-refractivity contribution in [1.29, 1.82) is 5.26 Å². The Morgan fingerprint density at radius 3 is 2.30 bits per heavy atom. The molecule has 1 aromatic heterocycles. The van der Waals surface area contributed by atoms with Crippen molar-refractivity contribution in [2.45, 2.75) is 45.1 Å². The van der Waals surface area contributed by atoms with Crippen LogP contribution >= 0.6 is 0 Å². The van der Waals surface area contributed by atoms with Gasteiger partial charge in [0.05, 0.1) is 5.69 Å². The van der Waals surface area contributed by atoms with Crippen molar-refractivity contribution >= 4 is 25.7 Å². The third kappa shape index (κ3) is 5.78. The lowest BCUT2D eigenvalue weighted by atomic mass is 9.97. The number of pyridine rings is 1. The van der Waals surface area contributed by atoms with Gasteiger partial charge in [-0.25, -0.2) is 4.98 Å². The van der Waals surface area contributed by atoms with Crippen molar-refractivity contribution in [2.75, 3.05) is 17.7 Å². The van der Waals surface area contributed by atoms with Gasteiger partial charge in [-0.3, -0.25) is 4.79 Å². The number of nitriles is 1. The molecule has 6 nitrogen and oxygen atoms in total. The molecule has 1 heterocycles. The predicted octanol–water partition coefficient (Wildman–Crippen LogP) is 6.78. The molecule has 0 saturated heterocycles. The average molecular weight is 527 g/mol. The maximum Gasteiger partial charge on any atom is 0.471 e. The highest BCUT2D eigenvalue weighted by atomic mass is 28.4. The van der Waals surface area contributed by atoms with Crippen molar-refractivity contribution in [3.05, 3.63) is 60.2 Å². The lowest BCUT2D eigenvalue weighted by Crippen LogP contribution is -2.44. The first-order valence-corrected chi connectivity index (χ1v) is 14.4. The molecular weight excluding hydrogens is 497 g/mol. The molecule has 0 spiro atoms. The van der Waals surface area contributed by atoms with E-state index < -0.39 is 20.4 Å². The van der Waals surface area contributed by atoms with Crippen LogP contribution in [0.3, 0.4) is 0 Å². The van der Waals surface area contributed by atoms with Gasteiger partial charge in [0.25, 0.3) is 8.32 Å². The molecule has 0 radical (unpaired) electrons. The first kappa shape index (κ1) is 27.7. The quantitative estimate of drug-likeness (QED) is 0.370. The van der Waals surface area contributed by atoms with Gasteiger partial charge in [-0.1, -0.05) is 45.0 Å². The monoisotopic (exact) mass is 526 g/mol. The Morgan fingerprint density at radius 2 is 1.70 bits per heavy atom. The minimum absolute atomic E-state index is 0.0160. The smallest absolute Gasteiger partial charge is 0.471 e. The summed E-state index contributed by atoms with van der Waals surface area (Å²) in [5.74, 6) is -1.40. The lowest BCUT2D eigenvalue weighted by molar-refractivity contribution is -0.170. The predicted molar refractivity (Wildman–Crippen MR) is 142 cm³/mol. The second-order valence-corrected chi connectivity index (χ2v) is 14.9. The first-order valence-electron chi connectivity index (χ1n) is 11.5. The molecule has 0 bridgehead atoms. The van der Waals surface area contributed by atoms with Crippen LogP contribution in [0.15, 0.2) is 54.6 Å². The molecule has 2 N–H and O–H groups in total. The number of nitrogen functional groups attached to an aromatic ring is 1. The first-order chi connectivity index (χ1) is 17.1. The largest absolute Gasteiger partial charge is 0.543 e. The Kier molecular flexibility index (Phi) is 7.42. The van der Waals surface area contributed by atoms with Crippen molar-refractivity contribution in [2.24, 2.45) is 0 Å². The molecule has 3 rings (SSSR count). The van der Waals surface area contributed by atoms with Gasteiger partial charge in [0, 0.05) is 23.9 Å². The molecule has 0 unspecified atom stereocenters. The number of aromatic nitrogens is 1. The second kappa shape index (κ2) is 9.90. The van der Waals surface area contributed by atoms with Gasteiger partial charge in [0.1, 0.15) is 23.2 Å². The minimum Gasteiger partial charge on any atom is -0.543 e. The third-order valence-corrected chi connectivity index (χ3v) is 10.9. The maximum absolute atomic E-state index is 13.0. The summed E-state index contributed by atoms with van der Waals surface area (Å²) < 4.78 is 45.5. The summed E-state index contributed by atoms with van der Waals surface area (Å²) in [6.07, 6.45) is -5.02. The summed E-state index contributed by atoms with van der Waals surface area (Å²) in [4.78, 5) is 16.7. The van der Waals surface area contributed by atoms with Crippen LogP contribution in [-0.2, 0) is 4.79 Å². The Hall–Kier alpha value is -3.84. The van der Waals surface area contributed by atoms with Crippen LogP contribution in [0.1, 0.15) is 26.3 Å². The number of nitrogens with two attached hydrogens (primary N) is 1. The van der Waals surface area contributed by atoms with Crippen LogP contribution in [0.25, 0.3) is 22.4 Å². The molecule has 194 valence electrons.